The summed E-state index contributed by atoms with van der Waals surface area (Å²) in [6.45, 7) is 2.28. The van der Waals surface area contributed by atoms with Gasteiger partial charge in [-0.3, -0.25) is 4.99 Å². The zero-order valence-electron chi connectivity index (χ0n) is 18.4. The summed E-state index contributed by atoms with van der Waals surface area (Å²) in [5, 5.41) is 0. The van der Waals surface area contributed by atoms with Gasteiger partial charge in [-0.25, -0.2) is 0 Å². The van der Waals surface area contributed by atoms with E-state index in [2.05, 4.69) is 84.7 Å². The van der Waals surface area contributed by atoms with Gasteiger partial charge in [-0.1, -0.05) is 119 Å². The molecule has 1 heteroatoms. The molecular formula is C29H35N. The predicted molar refractivity (Wildman–Crippen MR) is 132 cm³/mol. The van der Waals surface area contributed by atoms with Gasteiger partial charge in [0.1, 0.15) is 0 Å². The molecule has 0 heterocycles. The average molecular weight is 398 g/mol. The summed E-state index contributed by atoms with van der Waals surface area (Å²) in [6, 6.07) is 27.7. The second kappa shape index (κ2) is 12.8. The fourth-order valence-corrected chi connectivity index (χ4v) is 3.75. The largest absolute Gasteiger partial charge is 0.256 e. The van der Waals surface area contributed by atoms with Gasteiger partial charge in [0, 0.05) is 6.21 Å². The molecule has 0 fully saturated rings. The molecule has 1 nitrogen and oxygen atoms in total. The molecular weight excluding hydrogens is 362 g/mol. The van der Waals surface area contributed by atoms with Crippen molar-refractivity contribution in [3.05, 3.63) is 90.0 Å². The van der Waals surface area contributed by atoms with Crippen molar-refractivity contribution in [1.29, 1.82) is 0 Å². The third kappa shape index (κ3) is 7.63. The maximum absolute atomic E-state index is 4.63. The van der Waals surface area contributed by atoms with Gasteiger partial charge >= 0.3 is 0 Å². The Morgan fingerprint density at radius 3 is 1.87 bits per heavy atom. The maximum Gasteiger partial charge on any atom is 0.0630 e. The molecule has 0 atom stereocenters. The van der Waals surface area contributed by atoms with Crippen LogP contribution in [0.15, 0.2) is 83.9 Å². The Bertz CT molecular complexity index is 861. The first kappa shape index (κ1) is 22.0. The van der Waals surface area contributed by atoms with E-state index in [1.165, 1.54) is 74.5 Å². The summed E-state index contributed by atoms with van der Waals surface area (Å²) in [5.74, 6) is 0. The van der Waals surface area contributed by atoms with E-state index >= 15 is 0 Å². The number of unbranched alkanes of at least 4 members (excludes halogenated alkanes) is 7. The minimum atomic E-state index is 0.984. The summed E-state index contributed by atoms with van der Waals surface area (Å²) in [6.07, 6.45) is 14.1. The maximum atomic E-state index is 4.63. The highest BCUT2D eigenvalue weighted by atomic mass is 14.7. The number of hydrogen-bond acceptors (Lipinski definition) is 1. The van der Waals surface area contributed by atoms with Crippen LogP contribution in [0, 0.1) is 0 Å². The van der Waals surface area contributed by atoms with Gasteiger partial charge in [0.05, 0.1) is 5.69 Å². The standard InChI is InChI=1S/C29H35N/c1-2-3-4-5-6-7-8-10-13-25-16-18-26(19-17-25)24-30-29-22-20-28(21-23-29)27-14-11-9-12-15-27/h9,11-12,14-24H,2-8,10,13H2,1H3. The number of benzene rings is 3. The quantitative estimate of drug-likeness (QED) is 0.214. The van der Waals surface area contributed by atoms with Crippen molar-refractivity contribution in [2.24, 2.45) is 4.99 Å². The first-order valence-corrected chi connectivity index (χ1v) is 11.6. The van der Waals surface area contributed by atoms with Crippen LogP contribution < -0.4 is 0 Å². The van der Waals surface area contributed by atoms with E-state index in [-0.39, 0.29) is 0 Å². The van der Waals surface area contributed by atoms with E-state index in [1.54, 1.807) is 0 Å². The molecule has 3 rings (SSSR count). The number of aliphatic imine (C=N–C) groups is 1. The van der Waals surface area contributed by atoms with Crippen molar-refractivity contribution in [1.82, 2.24) is 0 Å². The van der Waals surface area contributed by atoms with E-state index in [0.29, 0.717) is 0 Å². The normalized spacial score (nSPS) is 11.2. The molecule has 0 aliphatic heterocycles. The first-order chi connectivity index (χ1) is 14.8. The Labute approximate surface area is 182 Å². The Hall–Kier alpha value is -2.67. The molecule has 0 amide bonds. The van der Waals surface area contributed by atoms with Gasteiger partial charge in [0.2, 0.25) is 0 Å². The fraction of sp³-hybridized carbons (Fsp3) is 0.345. The van der Waals surface area contributed by atoms with E-state index in [4.69, 9.17) is 0 Å². The van der Waals surface area contributed by atoms with E-state index in [9.17, 15) is 0 Å². The number of rotatable bonds is 12. The first-order valence-electron chi connectivity index (χ1n) is 11.6. The Morgan fingerprint density at radius 1 is 0.600 bits per heavy atom. The second-order valence-corrected chi connectivity index (χ2v) is 8.14. The molecule has 0 saturated carbocycles. The third-order valence-corrected chi connectivity index (χ3v) is 5.64. The predicted octanol–water partition coefficient (Wildman–Crippen LogP) is 8.79. The topological polar surface area (TPSA) is 12.4 Å². The van der Waals surface area contributed by atoms with Crippen LogP contribution in [0.4, 0.5) is 5.69 Å². The zero-order chi connectivity index (χ0) is 20.9. The molecule has 0 N–H and O–H groups in total. The van der Waals surface area contributed by atoms with Gasteiger partial charge in [-0.05, 0) is 47.2 Å². The second-order valence-electron chi connectivity index (χ2n) is 8.14. The van der Waals surface area contributed by atoms with Gasteiger partial charge in [0.25, 0.3) is 0 Å². The number of nitrogens with zero attached hydrogens (tertiary/aromatic N) is 1. The summed E-state index contributed by atoms with van der Waals surface area (Å²) in [7, 11) is 0. The summed E-state index contributed by atoms with van der Waals surface area (Å²) < 4.78 is 0. The molecule has 156 valence electrons. The minimum Gasteiger partial charge on any atom is -0.256 e. The number of hydrogen-bond donors (Lipinski definition) is 0. The van der Waals surface area contributed by atoms with Crippen LogP contribution in [0.3, 0.4) is 0 Å². The van der Waals surface area contributed by atoms with Gasteiger partial charge in [0.15, 0.2) is 0 Å². The van der Waals surface area contributed by atoms with E-state index in [0.717, 1.165) is 11.3 Å². The molecule has 0 aliphatic rings. The third-order valence-electron chi connectivity index (χ3n) is 5.64. The van der Waals surface area contributed by atoms with Crippen molar-refractivity contribution in [2.75, 3.05) is 0 Å². The SMILES string of the molecule is CCCCCCCCCCc1ccc(C=Nc2ccc(-c3ccccc3)cc2)cc1. The molecule has 3 aromatic carbocycles. The molecule has 30 heavy (non-hydrogen) atoms. The van der Waals surface area contributed by atoms with Crippen molar-refractivity contribution < 1.29 is 0 Å². The van der Waals surface area contributed by atoms with Crippen LogP contribution in [-0.2, 0) is 6.42 Å². The lowest BCUT2D eigenvalue weighted by atomic mass is 10.0. The summed E-state index contributed by atoms with van der Waals surface area (Å²) in [5.41, 5.74) is 6.03. The molecule has 0 radical (unpaired) electrons. The number of aryl methyl sites for hydroxylation is 1. The fourth-order valence-electron chi connectivity index (χ4n) is 3.75. The van der Waals surface area contributed by atoms with Crippen molar-refractivity contribution in [2.45, 2.75) is 64.7 Å². The van der Waals surface area contributed by atoms with E-state index in [1.807, 2.05) is 12.3 Å². The Morgan fingerprint density at radius 2 is 1.20 bits per heavy atom. The molecule has 0 unspecified atom stereocenters. The van der Waals surface area contributed by atoms with Crippen LogP contribution in [-0.4, -0.2) is 6.21 Å². The van der Waals surface area contributed by atoms with E-state index < -0.39 is 0 Å². The van der Waals surface area contributed by atoms with Crippen LogP contribution in [0.2, 0.25) is 0 Å². The van der Waals surface area contributed by atoms with Gasteiger partial charge < -0.3 is 0 Å². The Balaban J connectivity index is 1.41. The van der Waals surface area contributed by atoms with Gasteiger partial charge in [-0.15, -0.1) is 0 Å². The zero-order valence-corrected chi connectivity index (χ0v) is 18.4. The molecule has 0 aromatic heterocycles. The summed E-state index contributed by atoms with van der Waals surface area (Å²) in [4.78, 5) is 4.63. The lowest BCUT2D eigenvalue weighted by Crippen LogP contribution is -1.88. The van der Waals surface area contributed by atoms with Crippen LogP contribution in [0.25, 0.3) is 11.1 Å². The lowest BCUT2D eigenvalue weighted by Gasteiger charge is -2.03. The molecule has 0 bridgehead atoms. The summed E-state index contributed by atoms with van der Waals surface area (Å²) >= 11 is 0. The van der Waals surface area contributed by atoms with Crippen LogP contribution in [0.1, 0.15) is 69.4 Å². The van der Waals surface area contributed by atoms with Crippen LogP contribution in [0.5, 0.6) is 0 Å². The highest BCUT2D eigenvalue weighted by Gasteiger charge is 1.98. The molecule has 3 aromatic rings. The average Bonchev–Trinajstić information content (AvgIpc) is 2.81. The molecule has 0 saturated heterocycles. The van der Waals surface area contributed by atoms with Crippen molar-refractivity contribution >= 4 is 11.9 Å². The van der Waals surface area contributed by atoms with Gasteiger partial charge in [-0.2, -0.15) is 0 Å². The highest BCUT2D eigenvalue weighted by molar-refractivity contribution is 5.82. The lowest BCUT2D eigenvalue weighted by molar-refractivity contribution is 0.575. The van der Waals surface area contributed by atoms with Crippen LogP contribution >= 0.6 is 0 Å². The monoisotopic (exact) mass is 397 g/mol. The molecule has 0 aliphatic carbocycles. The smallest absolute Gasteiger partial charge is 0.0630 e. The Kier molecular flexibility index (Phi) is 9.40. The van der Waals surface area contributed by atoms with Crippen molar-refractivity contribution in [3.8, 4) is 11.1 Å². The van der Waals surface area contributed by atoms with Crippen molar-refractivity contribution in [3.63, 3.8) is 0 Å². The molecule has 0 spiro atoms. The highest BCUT2D eigenvalue weighted by Crippen LogP contribution is 2.22. The minimum absolute atomic E-state index is 0.984.